The van der Waals surface area contributed by atoms with Crippen molar-refractivity contribution in [2.24, 2.45) is 11.7 Å². The summed E-state index contributed by atoms with van der Waals surface area (Å²) in [5.74, 6) is -1.58. The molecular weight excluding hydrogens is 711 g/mol. The van der Waals surface area contributed by atoms with Crippen molar-refractivity contribution in [3.05, 3.63) is 104 Å². The van der Waals surface area contributed by atoms with Crippen LogP contribution in [-0.2, 0) is 27.5 Å². The van der Waals surface area contributed by atoms with Crippen LogP contribution in [0.25, 0.3) is 0 Å². The Kier molecular flexibility index (Phi) is 10.0. The van der Waals surface area contributed by atoms with Gasteiger partial charge in [0, 0.05) is 41.9 Å². The summed E-state index contributed by atoms with van der Waals surface area (Å²) in [6.07, 6.45) is 3.79. The molecule has 0 unspecified atom stereocenters. The molecule has 2 aromatic heterocycles. The summed E-state index contributed by atoms with van der Waals surface area (Å²) < 4.78 is 5.60. The number of benzene rings is 2. The minimum Gasteiger partial charge on any atom is -0.444 e. The molecule has 6 atom stereocenters. The number of nitrogens with zero attached hydrogens (tertiary/aromatic N) is 3. The van der Waals surface area contributed by atoms with E-state index in [9.17, 15) is 19.2 Å². The first-order valence-electron chi connectivity index (χ1n) is 18.0. The van der Waals surface area contributed by atoms with Gasteiger partial charge in [0.25, 0.3) is 0 Å². The summed E-state index contributed by atoms with van der Waals surface area (Å²) in [5.41, 5.74) is 7.69. The quantitative estimate of drug-likeness (QED) is 0.119. The number of urea groups is 1. The van der Waals surface area contributed by atoms with Gasteiger partial charge in [-0.1, -0.05) is 74.5 Å². The van der Waals surface area contributed by atoms with E-state index in [2.05, 4.69) is 51.9 Å². The summed E-state index contributed by atoms with van der Waals surface area (Å²) >= 11 is 2.97. The Morgan fingerprint density at radius 3 is 2.06 bits per heavy atom. The maximum Gasteiger partial charge on any atom is 0.407 e. The Morgan fingerprint density at radius 1 is 0.906 bits per heavy atom. The molecule has 3 saturated carbocycles. The van der Waals surface area contributed by atoms with Crippen molar-refractivity contribution in [2.75, 3.05) is 7.05 Å². The van der Waals surface area contributed by atoms with E-state index >= 15 is 0 Å². The molecule has 4 aromatic rings. The molecule has 7 rings (SSSR count). The number of alkyl carbamates (subject to hydrolysis) is 1. The fraction of sp³-hybridized carbons (Fsp3) is 0.436. The van der Waals surface area contributed by atoms with E-state index in [0.717, 1.165) is 33.1 Å². The molecule has 53 heavy (non-hydrogen) atoms. The molecule has 3 aliphatic rings. The van der Waals surface area contributed by atoms with Crippen LogP contribution < -0.4 is 21.7 Å². The largest absolute Gasteiger partial charge is 0.444 e. The van der Waals surface area contributed by atoms with Gasteiger partial charge in [-0.15, -0.1) is 22.7 Å². The number of aromatic nitrogens is 2. The Balaban J connectivity index is 1.09. The first-order valence-corrected chi connectivity index (χ1v) is 19.7. The van der Waals surface area contributed by atoms with Gasteiger partial charge in [-0.05, 0) is 43.2 Å². The number of primary amides is 1. The second-order valence-corrected chi connectivity index (χ2v) is 16.9. The molecule has 12 nitrogen and oxygen atoms in total. The number of rotatable bonds is 15. The van der Waals surface area contributed by atoms with Gasteiger partial charge in [0.05, 0.1) is 39.1 Å². The summed E-state index contributed by atoms with van der Waals surface area (Å²) in [6.45, 7) is 4.51. The van der Waals surface area contributed by atoms with Gasteiger partial charge in [-0.2, -0.15) is 0 Å². The number of ether oxygens (including phenoxy) is 1. The van der Waals surface area contributed by atoms with Crippen molar-refractivity contribution in [3.63, 3.8) is 0 Å². The van der Waals surface area contributed by atoms with Gasteiger partial charge in [-0.25, -0.2) is 14.6 Å². The molecule has 0 saturated heterocycles. The zero-order valence-corrected chi connectivity index (χ0v) is 31.7. The van der Waals surface area contributed by atoms with Crippen LogP contribution in [0.3, 0.4) is 0 Å². The van der Waals surface area contributed by atoms with Gasteiger partial charge >= 0.3 is 12.1 Å². The average Bonchev–Trinajstić information content (AvgIpc) is 4.07. The first-order chi connectivity index (χ1) is 25.4. The lowest BCUT2D eigenvalue weighted by Crippen LogP contribution is -2.57. The molecule has 0 spiro atoms. The van der Waals surface area contributed by atoms with Crippen LogP contribution in [0.2, 0.25) is 0 Å². The van der Waals surface area contributed by atoms with Crippen molar-refractivity contribution >= 4 is 46.6 Å². The molecule has 3 aliphatic carbocycles. The standard InChI is InChI=1S/C39H45N7O5S2/c1-24(2)33-42-27(22-52-33)20-46(3)35(49)44-39(18-31(39)32(40)47)34(48)43-37(16-29(37)25-10-6-4-7-11-25)14-15-38(17-30(38)26-12-8-5-9-13-26)45-36(50)51-21-28-19-41-23-53-28/h4-13,19,22-24,29-31H,14-18,20-21H2,1-3H3,(H2,40,47)(H,43,48)(H,44,49)(H,45,50)/t29-,30-,31-,37-,38-,39+/m0/s1. The third-order valence-electron chi connectivity index (χ3n) is 11.0. The van der Waals surface area contributed by atoms with E-state index in [1.54, 1.807) is 30.1 Å². The van der Waals surface area contributed by atoms with Crippen molar-refractivity contribution in [2.45, 2.75) is 93.5 Å². The Labute approximate surface area is 316 Å². The molecule has 278 valence electrons. The van der Waals surface area contributed by atoms with Crippen molar-refractivity contribution in [1.82, 2.24) is 30.8 Å². The summed E-state index contributed by atoms with van der Waals surface area (Å²) in [6, 6.07) is 19.6. The predicted molar refractivity (Wildman–Crippen MR) is 202 cm³/mol. The number of carbonyl (C=O) groups is 4. The molecular formula is C39H45N7O5S2. The lowest BCUT2D eigenvalue weighted by Gasteiger charge is -2.28. The SMILES string of the molecule is CC(C)c1nc(CN(C)C(=O)N[C@]2(C(=O)N[C@@]3(CC[C@]4(NC(=O)OCc5cncs5)C[C@H]4c4ccccc4)C[C@H]3c3ccccc3)C[C@H]2C(N)=O)cs1. The van der Waals surface area contributed by atoms with E-state index in [1.165, 1.54) is 16.2 Å². The Hall–Kier alpha value is -4.82. The zero-order chi connectivity index (χ0) is 37.4. The van der Waals surface area contributed by atoms with Crippen LogP contribution in [0.4, 0.5) is 9.59 Å². The highest BCUT2D eigenvalue weighted by Crippen LogP contribution is 2.60. The number of hydrogen-bond acceptors (Lipinski definition) is 9. The minimum atomic E-state index is -1.47. The highest BCUT2D eigenvalue weighted by molar-refractivity contribution is 7.09. The van der Waals surface area contributed by atoms with Crippen LogP contribution in [0.5, 0.6) is 0 Å². The first kappa shape index (κ1) is 36.5. The highest BCUT2D eigenvalue weighted by Gasteiger charge is 2.68. The van der Waals surface area contributed by atoms with Gasteiger partial charge in [0.1, 0.15) is 12.1 Å². The number of amides is 5. The summed E-state index contributed by atoms with van der Waals surface area (Å²) in [5, 5.41) is 12.3. The molecule has 2 aromatic carbocycles. The molecule has 0 bridgehead atoms. The molecule has 5 amide bonds. The normalized spacial score (nSPS) is 26.7. The summed E-state index contributed by atoms with van der Waals surface area (Å²) in [7, 11) is 1.64. The van der Waals surface area contributed by atoms with Gasteiger partial charge in [0.2, 0.25) is 11.8 Å². The van der Waals surface area contributed by atoms with E-state index in [1.807, 2.05) is 53.9 Å². The Bertz CT molecular complexity index is 1960. The maximum absolute atomic E-state index is 14.4. The van der Waals surface area contributed by atoms with Crippen LogP contribution in [0.1, 0.15) is 90.4 Å². The van der Waals surface area contributed by atoms with Crippen LogP contribution >= 0.6 is 22.7 Å². The van der Waals surface area contributed by atoms with E-state index in [4.69, 9.17) is 10.5 Å². The van der Waals surface area contributed by atoms with Crippen molar-refractivity contribution in [3.8, 4) is 0 Å². The third kappa shape index (κ3) is 7.79. The second-order valence-electron chi connectivity index (χ2n) is 15.0. The average molecular weight is 756 g/mol. The number of carbonyl (C=O) groups excluding carboxylic acids is 4. The van der Waals surface area contributed by atoms with Crippen molar-refractivity contribution in [1.29, 1.82) is 0 Å². The second kappa shape index (κ2) is 14.5. The fourth-order valence-corrected chi connectivity index (χ4v) is 8.93. The van der Waals surface area contributed by atoms with Gasteiger partial charge < -0.3 is 31.3 Å². The van der Waals surface area contributed by atoms with Crippen molar-refractivity contribution < 1.29 is 23.9 Å². The number of nitrogens with one attached hydrogen (secondary N) is 3. The maximum atomic E-state index is 14.4. The topological polar surface area (TPSA) is 169 Å². The zero-order valence-electron chi connectivity index (χ0n) is 30.0. The van der Waals surface area contributed by atoms with Crippen LogP contribution in [-0.4, -0.2) is 62.5 Å². The number of thiazole rings is 2. The third-order valence-corrected chi connectivity index (χ3v) is 12.9. The Morgan fingerprint density at radius 2 is 1.53 bits per heavy atom. The minimum absolute atomic E-state index is 0.00192. The predicted octanol–water partition coefficient (Wildman–Crippen LogP) is 5.78. The van der Waals surface area contributed by atoms with Gasteiger partial charge in [-0.3, -0.25) is 14.6 Å². The molecule has 14 heteroatoms. The lowest BCUT2D eigenvalue weighted by atomic mass is 9.94. The molecule has 0 radical (unpaired) electrons. The lowest BCUT2D eigenvalue weighted by molar-refractivity contribution is -0.128. The fourth-order valence-electron chi connectivity index (χ4n) is 7.60. The molecule has 3 fully saturated rings. The number of nitrogens with two attached hydrogens (primary N) is 1. The van der Waals surface area contributed by atoms with Gasteiger partial charge in [0.15, 0.2) is 0 Å². The van der Waals surface area contributed by atoms with E-state index < -0.39 is 46.5 Å². The molecule has 5 N–H and O–H groups in total. The summed E-state index contributed by atoms with van der Waals surface area (Å²) in [4.78, 5) is 64.7. The molecule has 2 heterocycles. The molecule has 0 aliphatic heterocycles. The van der Waals surface area contributed by atoms with E-state index in [0.29, 0.717) is 19.3 Å². The highest BCUT2D eigenvalue weighted by atomic mass is 32.1. The van der Waals surface area contributed by atoms with Crippen LogP contribution in [0, 0.1) is 5.92 Å². The monoisotopic (exact) mass is 755 g/mol. The smallest absolute Gasteiger partial charge is 0.407 e. The number of hydrogen-bond donors (Lipinski definition) is 4. The van der Waals surface area contributed by atoms with E-state index in [-0.39, 0.29) is 37.3 Å². The van der Waals surface area contributed by atoms with Crippen LogP contribution in [0.15, 0.2) is 77.8 Å².